The summed E-state index contributed by atoms with van der Waals surface area (Å²) in [6.45, 7) is 0.102. The third-order valence-electron chi connectivity index (χ3n) is 3.44. The average Bonchev–Trinajstić information content (AvgIpc) is 3.16. The van der Waals surface area contributed by atoms with E-state index in [0.717, 1.165) is 10.2 Å². The number of nitrogens with zero attached hydrogens (tertiary/aromatic N) is 4. The molecule has 8 nitrogen and oxygen atoms in total. The van der Waals surface area contributed by atoms with Gasteiger partial charge in [0.2, 0.25) is 0 Å². The van der Waals surface area contributed by atoms with Crippen molar-refractivity contribution in [2.24, 2.45) is 0 Å². The first-order chi connectivity index (χ1) is 12.4. The molecule has 0 aliphatic carbocycles. The first-order valence-corrected chi connectivity index (χ1v) is 8.62. The second-order valence-electron chi connectivity index (χ2n) is 5.37. The summed E-state index contributed by atoms with van der Waals surface area (Å²) in [5.74, 6) is -1.26. The van der Waals surface area contributed by atoms with E-state index in [-0.39, 0.29) is 5.69 Å². The highest BCUT2D eigenvalue weighted by Gasteiger charge is 2.17. The van der Waals surface area contributed by atoms with Gasteiger partial charge in [-0.3, -0.25) is 14.3 Å². The predicted molar refractivity (Wildman–Crippen MR) is 98.3 cm³/mol. The number of carboxylic acids is 1. The SMILES string of the molecule is O=C(O)Cn1nccc1C(=O)Nc1nn(Cc2ccc(Cl)cc2)cc1Br. The van der Waals surface area contributed by atoms with Crippen LogP contribution in [0.2, 0.25) is 5.02 Å². The second kappa shape index (κ2) is 7.71. The Labute approximate surface area is 161 Å². The van der Waals surface area contributed by atoms with Crippen LogP contribution in [-0.2, 0) is 17.9 Å². The van der Waals surface area contributed by atoms with Crippen molar-refractivity contribution >= 4 is 45.2 Å². The lowest BCUT2D eigenvalue weighted by atomic mass is 10.2. The van der Waals surface area contributed by atoms with Crippen LogP contribution in [0, 0.1) is 0 Å². The van der Waals surface area contributed by atoms with Crippen molar-refractivity contribution in [1.29, 1.82) is 0 Å². The molecule has 2 aromatic heterocycles. The zero-order valence-electron chi connectivity index (χ0n) is 13.3. The Morgan fingerprint density at radius 3 is 2.65 bits per heavy atom. The highest BCUT2D eigenvalue weighted by Crippen LogP contribution is 2.22. The molecule has 0 unspecified atom stereocenters. The number of carbonyl (C=O) groups excluding carboxylic acids is 1. The largest absolute Gasteiger partial charge is 0.480 e. The third-order valence-corrected chi connectivity index (χ3v) is 4.27. The Balaban J connectivity index is 1.73. The number of hydrogen-bond acceptors (Lipinski definition) is 4. The summed E-state index contributed by atoms with van der Waals surface area (Å²) in [5.41, 5.74) is 1.13. The van der Waals surface area contributed by atoms with Gasteiger partial charge in [0.25, 0.3) is 5.91 Å². The molecule has 0 saturated heterocycles. The minimum absolute atomic E-state index is 0.131. The van der Waals surface area contributed by atoms with Crippen molar-refractivity contribution in [1.82, 2.24) is 19.6 Å². The van der Waals surface area contributed by atoms with Crippen LogP contribution < -0.4 is 5.32 Å². The first kappa shape index (κ1) is 18.2. The molecule has 0 fully saturated rings. The molecular weight excluding hydrogens is 426 g/mol. The van der Waals surface area contributed by atoms with E-state index in [0.29, 0.717) is 21.9 Å². The zero-order chi connectivity index (χ0) is 18.7. The van der Waals surface area contributed by atoms with Gasteiger partial charge in [-0.25, -0.2) is 4.68 Å². The molecule has 0 aliphatic rings. The third kappa shape index (κ3) is 4.30. The normalized spacial score (nSPS) is 10.7. The van der Waals surface area contributed by atoms with Gasteiger partial charge in [0.1, 0.15) is 12.2 Å². The number of halogens is 2. The lowest BCUT2D eigenvalue weighted by Crippen LogP contribution is -2.21. The Hall–Kier alpha value is -2.65. The summed E-state index contributed by atoms with van der Waals surface area (Å²) in [6, 6.07) is 8.81. The Kier molecular flexibility index (Phi) is 5.38. The molecule has 1 aromatic carbocycles. The van der Waals surface area contributed by atoms with Gasteiger partial charge in [0.15, 0.2) is 5.82 Å². The number of anilines is 1. The summed E-state index contributed by atoms with van der Waals surface area (Å²) < 4.78 is 3.37. The number of carboxylic acid groups (broad SMARTS) is 1. The minimum Gasteiger partial charge on any atom is -0.480 e. The number of amides is 1. The molecule has 0 radical (unpaired) electrons. The molecular formula is C16H13BrClN5O3. The van der Waals surface area contributed by atoms with Crippen LogP contribution in [0.3, 0.4) is 0 Å². The summed E-state index contributed by atoms with van der Waals surface area (Å²) in [5, 5.41) is 20.3. The van der Waals surface area contributed by atoms with E-state index in [1.54, 1.807) is 23.0 Å². The highest BCUT2D eigenvalue weighted by molar-refractivity contribution is 9.10. The van der Waals surface area contributed by atoms with Crippen molar-refractivity contribution in [2.75, 3.05) is 5.32 Å². The molecule has 0 saturated carbocycles. The lowest BCUT2D eigenvalue weighted by Gasteiger charge is -2.05. The second-order valence-corrected chi connectivity index (χ2v) is 6.66. The zero-order valence-corrected chi connectivity index (χ0v) is 15.6. The smallest absolute Gasteiger partial charge is 0.325 e. The Morgan fingerprint density at radius 1 is 1.23 bits per heavy atom. The maximum absolute atomic E-state index is 12.4. The molecule has 134 valence electrons. The van der Waals surface area contributed by atoms with E-state index in [1.807, 2.05) is 12.1 Å². The van der Waals surface area contributed by atoms with E-state index in [1.165, 1.54) is 12.3 Å². The van der Waals surface area contributed by atoms with Crippen LogP contribution in [-0.4, -0.2) is 36.5 Å². The fourth-order valence-electron chi connectivity index (χ4n) is 2.29. The summed E-state index contributed by atoms with van der Waals surface area (Å²) in [7, 11) is 0. The molecule has 0 atom stereocenters. The van der Waals surface area contributed by atoms with E-state index in [2.05, 4.69) is 31.4 Å². The van der Waals surface area contributed by atoms with Gasteiger partial charge in [-0.05, 0) is 39.7 Å². The molecule has 0 bridgehead atoms. The number of hydrogen-bond donors (Lipinski definition) is 2. The number of aliphatic carboxylic acids is 1. The average molecular weight is 439 g/mol. The summed E-state index contributed by atoms with van der Waals surface area (Å²) in [4.78, 5) is 23.2. The van der Waals surface area contributed by atoms with Crippen LogP contribution >= 0.6 is 27.5 Å². The molecule has 10 heteroatoms. The van der Waals surface area contributed by atoms with Crippen LogP contribution in [0.1, 0.15) is 16.1 Å². The molecule has 0 aliphatic heterocycles. The summed E-state index contributed by atoms with van der Waals surface area (Å²) in [6.07, 6.45) is 3.10. The maximum atomic E-state index is 12.4. The fourth-order valence-corrected chi connectivity index (χ4v) is 2.83. The maximum Gasteiger partial charge on any atom is 0.325 e. The fraction of sp³-hybridized carbons (Fsp3) is 0.125. The molecule has 26 heavy (non-hydrogen) atoms. The van der Waals surface area contributed by atoms with E-state index >= 15 is 0 Å². The molecule has 3 rings (SSSR count). The van der Waals surface area contributed by atoms with Crippen molar-refractivity contribution in [3.8, 4) is 0 Å². The van der Waals surface area contributed by atoms with Gasteiger partial charge < -0.3 is 10.4 Å². The lowest BCUT2D eigenvalue weighted by molar-refractivity contribution is -0.137. The quantitative estimate of drug-likeness (QED) is 0.616. The summed E-state index contributed by atoms with van der Waals surface area (Å²) >= 11 is 9.23. The monoisotopic (exact) mass is 437 g/mol. The van der Waals surface area contributed by atoms with Crippen molar-refractivity contribution in [3.63, 3.8) is 0 Å². The van der Waals surface area contributed by atoms with E-state index in [4.69, 9.17) is 16.7 Å². The van der Waals surface area contributed by atoms with Gasteiger partial charge in [-0.15, -0.1) is 0 Å². The van der Waals surface area contributed by atoms with Crippen molar-refractivity contribution < 1.29 is 14.7 Å². The molecule has 3 aromatic rings. The van der Waals surface area contributed by atoms with Crippen LogP contribution in [0.5, 0.6) is 0 Å². The van der Waals surface area contributed by atoms with E-state index < -0.39 is 18.4 Å². The van der Waals surface area contributed by atoms with Crippen LogP contribution in [0.15, 0.2) is 47.2 Å². The standard InChI is InChI=1S/C16H13BrClN5O3/c17-12-8-22(7-10-1-3-11(18)4-2-10)21-15(12)20-16(26)13-5-6-19-23(13)9-14(24)25/h1-6,8H,7,9H2,(H,24,25)(H,20,21,26). The van der Waals surface area contributed by atoms with Crippen LogP contribution in [0.25, 0.3) is 0 Å². The molecule has 1 amide bonds. The molecule has 0 spiro atoms. The van der Waals surface area contributed by atoms with Crippen LogP contribution in [0.4, 0.5) is 5.82 Å². The Bertz CT molecular complexity index is 951. The minimum atomic E-state index is -1.09. The van der Waals surface area contributed by atoms with Gasteiger partial charge in [0, 0.05) is 17.4 Å². The van der Waals surface area contributed by atoms with Crippen molar-refractivity contribution in [3.05, 3.63) is 63.5 Å². The van der Waals surface area contributed by atoms with Crippen molar-refractivity contribution in [2.45, 2.75) is 13.1 Å². The topological polar surface area (TPSA) is 102 Å². The van der Waals surface area contributed by atoms with Gasteiger partial charge in [0.05, 0.1) is 11.0 Å². The van der Waals surface area contributed by atoms with Gasteiger partial charge in [-0.1, -0.05) is 23.7 Å². The number of carbonyl (C=O) groups is 2. The predicted octanol–water partition coefficient (Wildman–Crippen LogP) is 2.88. The van der Waals surface area contributed by atoms with Gasteiger partial charge >= 0.3 is 5.97 Å². The Morgan fingerprint density at radius 2 is 1.96 bits per heavy atom. The molecule has 2 heterocycles. The number of aromatic nitrogens is 4. The molecule has 2 N–H and O–H groups in total. The van der Waals surface area contributed by atoms with E-state index in [9.17, 15) is 9.59 Å². The number of rotatable bonds is 6. The number of benzene rings is 1. The van der Waals surface area contributed by atoms with Gasteiger partial charge in [-0.2, -0.15) is 10.2 Å². The number of nitrogens with one attached hydrogen (secondary N) is 1. The highest BCUT2D eigenvalue weighted by atomic mass is 79.9. The first-order valence-electron chi connectivity index (χ1n) is 7.45.